The van der Waals surface area contributed by atoms with Crippen molar-refractivity contribution < 1.29 is 4.74 Å². The van der Waals surface area contributed by atoms with Gasteiger partial charge in [-0.25, -0.2) is 9.97 Å². The van der Waals surface area contributed by atoms with E-state index in [2.05, 4.69) is 29.9 Å². The highest BCUT2D eigenvalue weighted by atomic mass is 35.5. The molecule has 0 unspecified atom stereocenters. The molecule has 1 aromatic heterocycles. The van der Waals surface area contributed by atoms with Gasteiger partial charge in [-0.3, -0.25) is 0 Å². The summed E-state index contributed by atoms with van der Waals surface area (Å²) < 4.78 is 5.52. The quantitative estimate of drug-likeness (QED) is 0.780. The van der Waals surface area contributed by atoms with Gasteiger partial charge >= 0.3 is 0 Å². The Bertz CT molecular complexity index is 626. The molecule has 3 rings (SSSR count). The van der Waals surface area contributed by atoms with Crippen molar-refractivity contribution in [2.75, 3.05) is 6.61 Å². The third-order valence-corrected chi connectivity index (χ3v) is 3.41. The second-order valence-corrected chi connectivity index (χ2v) is 5.40. The van der Waals surface area contributed by atoms with E-state index in [1.54, 1.807) is 0 Å². The third-order valence-electron chi connectivity index (χ3n) is 3.21. The van der Waals surface area contributed by atoms with Crippen molar-refractivity contribution in [1.29, 1.82) is 0 Å². The predicted molar refractivity (Wildman–Crippen MR) is 75.8 cm³/mol. The maximum atomic E-state index is 6.09. The molecular weight excluding hydrogens is 260 g/mol. The topological polar surface area (TPSA) is 35.0 Å². The van der Waals surface area contributed by atoms with Crippen LogP contribution in [0.2, 0.25) is 5.15 Å². The maximum absolute atomic E-state index is 6.09. The fourth-order valence-electron chi connectivity index (χ4n) is 2.19. The van der Waals surface area contributed by atoms with Crippen LogP contribution in [0, 0.1) is 0 Å². The van der Waals surface area contributed by atoms with E-state index in [0.29, 0.717) is 5.15 Å². The monoisotopic (exact) mass is 274 g/mol. The second kappa shape index (κ2) is 4.82. The molecule has 0 spiro atoms. The van der Waals surface area contributed by atoms with Gasteiger partial charge in [0, 0.05) is 24.0 Å². The summed E-state index contributed by atoms with van der Waals surface area (Å²) in [7, 11) is 0. The highest BCUT2D eigenvalue weighted by Gasteiger charge is 2.14. The Morgan fingerprint density at radius 1 is 1.21 bits per heavy atom. The van der Waals surface area contributed by atoms with Gasteiger partial charge in [-0.2, -0.15) is 0 Å². The van der Waals surface area contributed by atoms with Crippen LogP contribution in [-0.2, 0) is 6.42 Å². The largest absolute Gasteiger partial charge is 0.493 e. The molecule has 0 radical (unpaired) electrons. The van der Waals surface area contributed by atoms with Crippen molar-refractivity contribution in [2.24, 2.45) is 0 Å². The van der Waals surface area contributed by atoms with Crippen LogP contribution >= 0.6 is 11.6 Å². The summed E-state index contributed by atoms with van der Waals surface area (Å²) in [4.78, 5) is 8.85. The lowest BCUT2D eigenvalue weighted by Gasteiger charge is -2.08. The number of benzene rings is 1. The minimum Gasteiger partial charge on any atom is -0.493 e. The first kappa shape index (κ1) is 12.4. The Morgan fingerprint density at radius 3 is 2.84 bits per heavy atom. The van der Waals surface area contributed by atoms with E-state index < -0.39 is 0 Å². The van der Waals surface area contributed by atoms with Crippen LogP contribution in [0.1, 0.15) is 31.2 Å². The lowest BCUT2D eigenvalue weighted by Crippen LogP contribution is -1.99. The fourth-order valence-corrected chi connectivity index (χ4v) is 2.38. The van der Waals surface area contributed by atoms with Crippen molar-refractivity contribution in [1.82, 2.24) is 9.97 Å². The van der Waals surface area contributed by atoms with E-state index in [-0.39, 0.29) is 5.92 Å². The molecule has 0 saturated heterocycles. The van der Waals surface area contributed by atoms with E-state index in [1.807, 2.05) is 18.2 Å². The fraction of sp³-hybridized carbons (Fsp3) is 0.333. The van der Waals surface area contributed by atoms with Crippen LogP contribution in [0.3, 0.4) is 0 Å². The van der Waals surface area contributed by atoms with Gasteiger partial charge in [0.05, 0.1) is 12.3 Å². The zero-order chi connectivity index (χ0) is 13.4. The Balaban J connectivity index is 2.06. The molecule has 1 aliphatic heterocycles. The molecule has 0 amide bonds. The van der Waals surface area contributed by atoms with Gasteiger partial charge in [0.1, 0.15) is 16.7 Å². The molecule has 0 bridgehead atoms. The normalized spacial score (nSPS) is 13.5. The van der Waals surface area contributed by atoms with Crippen molar-refractivity contribution >= 4 is 11.6 Å². The number of hydrogen-bond acceptors (Lipinski definition) is 3. The van der Waals surface area contributed by atoms with Gasteiger partial charge in [-0.15, -0.1) is 0 Å². The average Bonchev–Trinajstić information content (AvgIpc) is 2.85. The van der Waals surface area contributed by atoms with Gasteiger partial charge in [-0.05, 0) is 23.8 Å². The van der Waals surface area contributed by atoms with E-state index in [4.69, 9.17) is 16.3 Å². The first-order valence-electron chi connectivity index (χ1n) is 6.44. The molecule has 98 valence electrons. The second-order valence-electron chi connectivity index (χ2n) is 5.01. The zero-order valence-corrected chi connectivity index (χ0v) is 11.7. The number of rotatable bonds is 2. The summed E-state index contributed by atoms with van der Waals surface area (Å²) in [5, 5.41) is 0.491. The highest BCUT2D eigenvalue weighted by Crippen LogP contribution is 2.30. The van der Waals surface area contributed by atoms with Gasteiger partial charge in [0.15, 0.2) is 0 Å². The van der Waals surface area contributed by atoms with Crippen molar-refractivity contribution in [2.45, 2.75) is 26.2 Å². The molecule has 0 atom stereocenters. The number of fused-ring (bicyclic) bond motifs is 1. The summed E-state index contributed by atoms with van der Waals surface area (Å²) >= 11 is 6.09. The smallest absolute Gasteiger partial charge is 0.133 e. The minimum absolute atomic E-state index is 0.259. The van der Waals surface area contributed by atoms with Crippen molar-refractivity contribution in [3.63, 3.8) is 0 Å². The molecule has 4 heteroatoms. The molecular formula is C15H15ClN2O. The van der Waals surface area contributed by atoms with E-state index in [0.717, 1.165) is 35.9 Å². The van der Waals surface area contributed by atoms with Crippen LogP contribution < -0.4 is 4.74 Å². The third kappa shape index (κ3) is 2.43. The molecule has 0 fully saturated rings. The van der Waals surface area contributed by atoms with Crippen LogP contribution in [0.15, 0.2) is 24.3 Å². The summed E-state index contributed by atoms with van der Waals surface area (Å²) in [6.07, 6.45) is 0.957. The van der Waals surface area contributed by atoms with Gasteiger partial charge < -0.3 is 4.74 Å². The van der Waals surface area contributed by atoms with Crippen LogP contribution in [0.5, 0.6) is 5.75 Å². The maximum Gasteiger partial charge on any atom is 0.133 e. The van der Waals surface area contributed by atoms with Crippen molar-refractivity contribution in [3.8, 4) is 17.0 Å². The number of hydrogen-bond donors (Lipinski definition) is 0. The number of aromatic nitrogens is 2. The summed E-state index contributed by atoms with van der Waals surface area (Å²) in [6.45, 7) is 4.89. The van der Waals surface area contributed by atoms with Crippen molar-refractivity contribution in [3.05, 3.63) is 40.8 Å². The Labute approximate surface area is 117 Å². The molecule has 3 nitrogen and oxygen atoms in total. The Morgan fingerprint density at radius 2 is 2.05 bits per heavy atom. The molecule has 1 aliphatic rings. The summed E-state index contributed by atoms with van der Waals surface area (Å²) in [5.74, 6) is 2.02. The molecule has 1 aromatic carbocycles. The summed E-state index contributed by atoms with van der Waals surface area (Å²) in [6, 6.07) is 7.96. The van der Waals surface area contributed by atoms with Gasteiger partial charge in [-0.1, -0.05) is 25.4 Å². The molecule has 19 heavy (non-hydrogen) atoms. The molecule has 2 heterocycles. The van der Waals surface area contributed by atoms with E-state index in [1.165, 1.54) is 5.56 Å². The first-order chi connectivity index (χ1) is 9.13. The van der Waals surface area contributed by atoms with E-state index in [9.17, 15) is 0 Å². The highest BCUT2D eigenvalue weighted by molar-refractivity contribution is 6.29. The Hall–Kier alpha value is -1.61. The number of halogens is 1. The lowest BCUT2D eigenvalue weighted by atomic mass is 10.1. The van der Waals surface area contributed by atoms with Gasteiger partial charge in [0.25, 0.3) is 0 Å². The molecule has 0 N–H and O–H groups in total. The van der Waals surface area contributed by atoms with Crippen LogP contribution in [-0.4, -0.2) is 16.6 Å². The number of ether oxygens (including phenoxy) is 1. The zero-order valence-electron chi connectivity index (χ0n) is 11.0. The Kier molecular flexibility index (Phi) is 3.15. The molecule has 2 aromatic rings. The number of nitrogens with zero attached hydrogens (tertiary/aromatic N) is 2. The van der Waals surface area contributed by atoms with Gasteiger partial charge in [0.2, 0.25) is 0 Å². The molecule has 0 saturated carbocycles. The van der Waals surface area contributed by atoms with Crippen LogP contribution in [0.25, 0.3) is 11.3 Å². The lowest BCUT2D eigenvalue weighted by molar-refractivity contribution is 0.357. The SMILES string of the molecule is CC(C)c1nc(Cl)cc(-c2ccc3c(c2)CCO3)n1. The average molecular weight is 275 g/mol. The predicted octanol–water partition coefficient (Wildman–Crippen LogP) is 3.86. The molecule has 0 aliphatic carbocycles. The minimum atomic E-state index is 0.259. The first-order valence-corrected chi connectivity index (χ1v) is 6.82. The van der Waals surface area contributed by atoms with E-state index >= 15 is 0 Å². The summed E-state index contributed by atoms with van der Waals surface area (Å²) in [5.41, 5.74) is 3.17. The standard InChI is InChI=1S/C15H15ClN2O/c1-9(2)15-17-12(8-14(16)18-15)10-3-4-13-11(7-10)5-6-19-13/h3-4,7-9H,5-6H2,1-2H3. The van der Waals surface area contributed by atoms with Crippen LogP contribution in [0.4, 0.5) is 0 Å².